The van der Waals surface area contributed by atoms with Crippen molar-refractivity contribution in [2.75, 3.05) is 0 Å². The zero-order valence-corrected chi connectivity index (χ0v) is 8.77. The number of fused-ring (bicyclic) bond motifs is 1. The Morgan fingerprint density at radius 1 is 1.36 bits per heavy atom. The van der Waals surface area contributed by atoms with E-state index in [1.54, 1.807) is 12.3 Å². The van der Waals surface area contributed by atoms with Crippen molar-refractivity contribution < 1.29 is 0 Å². The molecular formula is C10H7ClN2S. The van der Waals surface area contributed by atoms with E-state index in [-0.39, 0.29) is 4.99 Å². The van der Waals surface area contributed by atoms with Crippen LogP contribution in [-0.2, 0) is 0 Å². The van der Waals surface area contributed by atoms with Gasteiger partial charge in [0.2, 0.25) is 0 Å². The molecule has 1 heterocycles. The molecule has 4 heteroatoms. The Kier molecular flexibility index (Phi) is 2.35. The number of rotatable bonds is 1. The Hall–Kier alpha value is -1.19. The van der Waals surface area contributed by atoms with E-state index < -0.39 is 0 Å². The van der Waals surface area contributed by atoms with Crippen LogP contribution in [0.2, 0.25) is 5.02 Å². The van der Waals surface area contributed by atoms with Gasteiger partial charge in [-0.05, 0) is 12.1 Å². The molecule has 2 nitrogen and oxygen atoms in total. The lowest BCUT2D eigenvalue weighted by molar-refractivity contribution is 1.40. The molecule has 0 bridgehead atoms. The quantitative estimate of drug-likeness (QED) is 0.754. The van der Waals surface area contributed by atoms with E-state index in [0.717, 1.165) is 10.9 Å². The third-order valence-electron chi connectivity index (χ3n) is 1.97. The standard InChI is InChI=1S/C10H7ClN2S/c11-7-4-3-6-2-1-5-13-9(6)8(7)10(12)14/h1-5H,(H2,12,14). The van der Waals surface area contributed by atoms with Gasteiger partial charge in [0.15, 0.2) is 0 Å². The monoisotopic (exact) mass is 222 g/mol. The van der Waals surface area contributed by atoms with Crippen molar-refractivity contribution in [2.24, 2.45) is 5.73 Å². The van der Waals surface area contributed by atoms with Gasteiger partial charge < -0.3 is 5.73 Å². The molecule has 0 aliphatic rings. The lowest BCUT2D eigenvalue weighted by atomic mass is 10.1. The van der Waals surface area contributed by atoms with Gasteiger partial charge in [-0.3, -0.25) is 4.98 Å². The van der Waals surface area contributed by atoms with Gasteiger partial charge in [0, 0.05) is 11.6 Å². The number of benzene rings is 1. The van der Waals surface area contributed by atoms with Crippen molar-refractivity contribution in [1.82, 2.24) is 4.98 Å². The van der Waals surface area contributed by atoms with Crippen molar-refractivity contribution in [3.05, 3.63) is 41.0 Å². The molecule has 0 atom stereocenters. The maximum Gasteiger partial charge on any atom is 0.107 e. The summed E-state index contributed by atoms with van der Waals surface area (Å²) in [5, 5.41) is 1.53. The third kappa shape index (κ3) is 1.45. The zero-order chi connectivity index (χ0) is 10.1. The van der Waals surface area contributed by atoms with Gasteiger partial charge in [0.05, 0.1) is 16.1 Å². The molecule has 14 heavy (non-hydrogen) atoms. The summed E-state index contributed by atoms with van der Waals surface area (Å²) in [6.45, 7) is 0. The van der Waals surface area contributed by atoms with Crippen LogP contribution in [0.5, 0.6) is 0 Å². The first-order valence-electron chi connectivity index (χ1n) is 4.03. The number of hydrogen-bond donors (Lipinski definition) is 1. The highest BCUT2D eigenvalue weighted by atomic mass is 35.5. The molecule has 2 rings (SSSR count). The summed E-state index contributed by atoms with van der Waals surface area (Å²) in [6, 6.07) is 7.48. The Morgan fingerprint density at radius 3 is 2.86 bits per heavy atom. The Morgan fingerprint density at radius 2 is 2.14 bits per heavy atom. The van der Waals surface area contributed by atoms with Gasteiger partial charge in [-0.25, -0.2) is 0 Å². The molecule has 0 fully saturated rings. The van der Waals surface area contributed by atoms with Crippen molar-refractivity contribution in [1.29, 1.82) is 0 Å². The molecule has 0 amide bonds. The lowest BCUT2D eigenvalue weighted by Crippen LogP contribution is -2.11. The van der Waals surface area contributed by atoms with Crippen molar-refractivity contribution in [3.8, 4) is 0 Å². The van der Waals surface area contributed by atoms with E-state index in [1.807, 2.05) is 18.2 Å². The van der Waals surface area contributed by atoms with E-state index in [1.165, 1.54) is 0 Å². The molecule has 0 aliphatic carbocycles. The number of hydrogen-bond acceptors (Lipinski definition) is 2. The number of thiocarbonyl (C=S) groups is 1. The van der Waals surface area contributed by atoms with Gasteiger partial charge >= 0.3 is 0 Å². The van der Waals surface area contributed by atoms with Gasteiger partial charge in [0.1, 0.15) is 4.99 Å². The summed E-state index contributed by atoms with van der Waals surface area (Å²) in [5.74, 6) is 0. The van der Waals surface area contributed by atoms with Crippen molar-refractivity contribution in [3.63, 3.8) is 0 Å². The summed E-state index contributed by atoms with van der Waals surface area (Å²) in [7, 11) is 0. The minimum absolute atomic E-state index is 0.277. The fraction of sp³-hybridized carbons (Fsp3) is 0. The molecule has 0 radical (unpaired) electrons. The SMILES string of the molecule is NC(=S)c1c(Cl)ccc2cccnc12. The van der Waals surface area contributed by atoms with Gasteiger partial charge in [-0.15, -0.1) is 0 Å². The first-order chi connectivity index (χ1) is 6.70. The number of halogens is 1. The molecule has 2 N–H and O–H groups in total. The average Bonchev–Trinajstić information content (AvgIpc) is 2.17. The van der Waals surface area contributed by atoms with Crippen LogP contribution in [0.15, 0.2) is 30.5 Å². The smallest absolute Gasteiger partial charge is 0.107 e. The predicted molar refractivity (Wildman–Crippen MR) is 62.6 cm³/mol. The zero-order valence-electron chi connectivity index (χ0n) is 7.20. The summed E-state index contributed by atoms with van der Waals surface area (Å²) >= 11 is 10.9. The van der Waals surface area contributed by atoms with E-state index in [0.29, 0.717) is 10.6 Å². The minimum Gasteiger partial charge on any atom is -0.389 e. The maximum absolute atomic E-state index is 5.99. The van der Waals surface area contributed by atoms with Crippen LogP contribution in [0.25, 0.3) is 10.9 Å². The van der Waals surface area contributed by atoms with Crippen LogP contribution in [-0.4, -0.2) is 9.97 Å². The number of nitrogens with zero attached hydrogens (tertiary/aromatic N) is 1. The fourth-order valence-corrected chi connectivity index (χ4v) is 1.87. The van der Waals surface area contributed by atoms with Gasteiger partial charge in [0.25, 0.3) is 0 Å². The molecule has 0 spiro atoms. The third-order valence-corrected chi connectivity index (χ3v) is 2.49. The Bertz CT molecular complexity index is 510. The highest BCUT2D eigenvalue weighted by Crippen LogP contribution is 2.23. The second-order valence-corrected chi connectivity index (χ2v) is 3.71. The van der Waals surface area contributed by atoms with Crippen LogP contribution in [0.1, 0.15) is 5.56 Å². The van der Waals surface area contributed by atoms with E-state index in [9.17, 15) is 0 Å². The first kappa shape index (κ1) is 9.37. The van der Waals surface area contributed by atoms with Crippen LogP contribution in [0.3, 0.4) is 0 Å². The van der Waals surface area contributed by atoms with Crippen molar-refractivity contribution in [2.45, 2.75) is 0 Å². The van der Waals surface area contributed by atoms with Gasteiger partial charge in [-0.2, -0.15) is 0 Å². The summed E-state index contributed by atoms with van der Waals surface area (Å²) < 4.78 is 0. The Labute approximate surface area is 91.7 Å². The topological polar surface area (TPSA) is 38.9 Å². The average molecular weight is 223 g/mol. The van der Waals surface area contributed by atoms with Crippen molar-refractivity contribution >= 4 is 39.7 Å². The van der Waals surface area contributed by atoms with E-state index in [2.05, 4.69) is 4.98 Å². The van der Waals surface area contributed by atoms with Gasteiger partial charge in [-0.1, -0.05) is 36.0 Å². The lowest BCUT2D eigenvalue weighted by Gasteiger charge is -2.05. The molecular weight excluding hydrogens is 216 g/mol. The van der Waals surface area contributed by atoms with E-state index >= 15 is 0 Å². The minimum atomic E-state index is 0.277. The highest BCUT2D eigenvalue weighted by molar-refractivity contribution is 7.80. The second kappa shape index (κ2) is 3.52. The van der Waals surface area contributed by atoms with Crippen LogP contribution < -0.4 is 5.73 Å². The highest BCUT2D eigenvalue weighted by Gasteiger charge is 2.08. The summed E-state index contributed by atoms with van der Waals surface area (Å²) in [6.07, 6.45) is 1.69. The first-order valence-corrected chi connectivity index (χ1v) is 4.82. The van der Waals surface area contributed by atoms with Crippen LogP contribution >= 0.6 is 23.8 Å². The molecule has 1 aromatic carbocycles. The maximum atomic E-state index is 5.99. The molecule has 1 aromatic heterocycles. The fourth-order valence-electron chi connectivity index (χ4n) is 1.35. The van der Waals surface area contributed by atoms with E-state index in [4.69, 9.17) is 29.6 Å². The Balaban J connectivity index is 2.90. The summed E-state index contributed by atoms with van der Waals surface area (Å²) in [4.78, 5) is 4.49. The number of nitrogens with two attached hydrogens (primary N) is 1. The largest absolute Gasteiger partial charge is 0.389 e. The second-order valence-electron chi connectivity index (χ2n) is 2.86. The molecule has 0 aliphatic heterocycles. The number of pyridine rings is 1. The van der Waals surface area contributed by atoms with Crippen LogP contribution in [0.4, 0.5) is 0 Å². The normalized spacial score (nSPS) is 10.4. The van der Waals surface area contributed by atoms with Crippen LogP contribution in [0, 0.1) is 0 Å². The predicted octanol–water partition coefficient (Wildman–Crippen LogP) is 2.52. The number of aromatic nitrogens is 1. The molecule has 0 unspecified atom stereocenters. The molecule has 0 saturated heterocycles. The molecule has 0 saturated carbocycles. The molecule has 2 aromatic rings. The molecule has 70 valence electrons. The summed E-state index contributed by atoms with van der Waals surface area (Å²) in [5.41, 5.74) is 7.00.